The Hall–Kier alpha value is -1.72. The van der Waals surface area contributed by atoms with Gasteiger partial charge in [-0.05, 0) is 40.8 Å². The molecule has 0 radical (unpaired) electrons. The van der Waals surface area contributed by atoms with Crippen molar-refractivity contribution in [3.05, 3.63) is 44.2 Å². The fourth-order valence-corrected chi connectivity index (χ4v) is 2.73. The number of nitrogen functional groups attached to an aromatic ring is 1. The first-order valence-corrected chi connectivity index (χ1v) is 6.90. The Morgan fingerprint density at radius 2 is 2.25 bits per heavy atom. The van der Waals surface area contributed by atoms with Crippen molar-refractivity contribution in [2.45, 2.75) is 0 Å². The molecule has 20 heavy (non-hydrogen) atoms. The number of ether oxygens (including phenoxy) is 1. The number of esters is 1. The Morgan fingerprint density at radius 3 is 2.80 bits per heavy atom. The minimum Gasteiger partial charge on any atom is -0.464 e. The van der Waals surface area contributed by atoms with E-state index in [4.69, 9.17) is 27.3 Å². The average Bonchev–Trinajstić information content (AvgIpc) is 2.74. The maximum Gasteiger partial charge on any atom is 0.357 e. The van der Waals surface area contributed by atoms with E-state index >= 15 is 0 Å². The third-order valence-corrected chi connectivity index (χ3v) is 3.69. The number of nitriles is 1. The van der Waals surface area contributed by atoms with Crippen molar-refractivity contribution in [2.24, 2.45) is 0 Å². The topological polar surface area (TPSA) is 81.0 Å². The van der Waals surface area contributed by atoms with Gasteiger partial charge in [-0.2, -0.15) is 5.26 Å². The highest BCUT2D eigenvalue weighted by Crippen LogP contribution is 2.29. The highest BCUT2D eigenvalue weighted by molar-refractivity contribution is 14.1. The molecule has 0 aliphatic carbocycles. The van der Waals surface area contributed by atoms with Crippen LogP contribution in [0.5, 0.6) is 0 Å². The molecule has 0 atom stereocenters. The number of nitrogens with zero attached hydrogens (tertiary/aromatic N) is 2. The molecule has 0 aliphatic heterocycles. The molecular weight excluding hydrogens is 393 g/mol. The minimum absolute atomic E-state index is 0.0777. The number of hydrogen-bond acceptors (Lipinski definition) is 4. The van der Waals surface area contributed by atoms with Gasteiger partial charge in [-0.15, -0.1) is 0 Å². The summed E-state index contributed by atoms with van der Waals surface area (Å²) >= 11 is 8.32. The highest BCUT2D eigenvalue weighted by Gasteiger charge is 2.22. The van der Waals surface area contributed by atoms with Crippen LogP contribution < -0.4 is 5.73 Å². The second-order valence-corrected chi connectivity index (χ2v) is 5.53. The van der Waals surface area contributed by atoms with Gasteiger partial charge >= 0.3 is 5.97 Å². The Kier molecular flexibility index (Phi) is 4.20. The summed E-state index contributed by atoms with van der Waals surface area (Å²) < 4.78 is 7.13. The van der Waals surface area contributed by atoms with E-state index in [0.717, 1.165) is 3.57 Å². The van der Waals surface area contributed by atoms with Crippen LogP contribution in [0.1, 0.15) is 16.1 Å². The number of halogens is 2. The van der Waals surface area contributed by atoms with Crippen LogP contribution in [0.2, 0.25) is 5.02 Å². The Morgan fingerprint density at radius 1 is 1.55 bits per heavy atom. The molecule has 5 nitrogen and oxygen atoms in total. The zero-order valence-electron chi connectivity index (χ0n) is 10.4. The summed E-state index contributed by atoms with van der Waals surface area (Å²) in [5.74, 6) is -0.626. The van der Waals surface area contributed by atoms with Crippen LogP contribution in [0.4, 0.5) is 5.69 Å². The number of carbonyl (C=O) groups excluding carboxylic acids is 1. The number of benzene rings is 1. The lowest BCUT2D eigenvalue weighted by molar-refractivity contribution is 0.0593. The molecule has 2 rings (SSSR count). The number of carbonyl (C=O) groups is 1. The summed E-state index contributed by atoms with van der Waals surface area (Å²) in [4.78, 5) is 11.9. The molecule has 0 saturated heterocycles. The van der Waals surface area contributed by atoms with E-state index in [2.05, 4.69) is 22.6 Å². The molecule has 0 amide bonds. The summed E-state index contributed by atoms with van der Waals surface area (Å²) in [6, 6.07) is 7.27. The maximum absolute atomic E-state index is 11.9. The van der Waals surface area contributed by atoms with E-state index in [9.17, 15) is 4.79 Å². The molecule has 1 aromatic heterocycles. The normalized spacial score (nSPS) is 10.1. The van der Waals surface area contributed by atoms with Crippen LogP contribution in [-0.4, -0.2) is 17.6 Å². The van der Waals surface area contributed by atoms with Crippen LogP contribution in [0.3, 0.4) is 0 Å². The molecule has 1 heterocycles. The number of rotatable bonds is 2. The molecular formula is C13H9ClIN3O2. The average molecular weight is 402 g/mol. The van der Waals surface area contributed by atoms with Gasteiger partial charge in [0.25, 0.3) is 0 Å². The van der Waals surface area contributed by atoms with Crippen LogP contribution in [0.15, 0.2) is 24.4 Å². The van der Waals surface area contributed by atoms with Gasteiger partial charge in [-0.1, -0.05) is 11.6 Å². The monoisotopic (exact) mass is 401 g/mol. The predicted molar refractivity (Wildman–Crippen MR) is 84.0 cm³/mol. The smallest absolute Gasteiger partial charge is 0.357 e. The van der Waals surface area contributed by atoms with E-state index in [1.165, 1.54) is 17.9 Å². The molecule has 102 valence electrons. The van der Waals surface area contributed by atoms with Crippen molar-refractivity contribution in [2.75, 3.05) is 12.8 Å². The van der Waals surface area contributed by atoms with E-state index in [1.54, 1.807) is 12.1 Å². The molecule has 7 heteroatoms. The molecule has 0 unspecified atom stereocenters. The predicted octanol–water partition coefficient (Wildman–Crippen LogP) is 2.98. The van der Waals surface area contributed by atoms with E-state index in [1.807, 2.05) is 12.1 Å². The lowest BCUT2D eigenvalue weighted by Crippen LogP contribution is -2.11. The van der Waals surface area contributed by atoms with Gasteiger partial charge in [0, 0.05) is 9.77 Å². The van der Waals surface area contributed by atoms with Crippen LogP contribution in [0, 0.1) is 14.9 Å². The number of methoxy groups -OCH3 is 1. The lowest BCUT2D eigenvalue weighted by atomic mass is 10.2. The summed E-state index contributed by atoms with van der Waals surface area (Å²) in [5.41, 5.74) is 6.74. The Bertz CT molecular complexity index is 734. The molecule has 0 fully saturated rings. The van der Waals surface area contributed by atoms with Crippen LogP contribution >= 0.6 is 34.2 Å². The van der Waals surface area contributed by atoms with Crippen molar-refractivity contribution in [3.63, 3.8) is 0 Å². The van der Waals surface area contributed by atoms with Crippen molar-refractivity contribution < 1.29 is 9.53 Å². The van der Waals surface area contributed by atoms with Crippen molar-refractivity contribution in [3.8, 4) is 11.8 Å². The number of nitrogens with two attached hydrogens (primary N) is 1. The van der Waals surface area contributed by atoms with Crippen molar-refractivity contribution in [1.29, 1.82) is 5.26 Å². The van der Waals surface area contributed by atoms with Gasteiger partial charge in [0.15, 0.2) is 5.69 Å². The SMILES string of the molecule is COC(=O)c1c(N)c(C#N)cn1-c1ccc(I)cc1Cl. The molecule has 0 saturated carbocycles. The highest BCUT2D eigenvalue weighted by atomic mass is 127. The third kappa shape index (κ3) is 2.46. The molecule has 0 bridgehead atoms. The zero-order chi connectivity index (χ0) is 14.9. The minimum atomic E-state index is -0.626. The van der Waals surface area contributed by atoms with Crippen LogP contribution in [0.25, 0.3) is 5.69 Å². The third-order valence-electron chi connectivity index (χ3n) is 2.71. The maximum atomic E-state index is 11.9. The Balaban J connectivity index is 2.74. The second kappa shape index (κ2) is 5.73. The number of hydrogen-bond donors (Lipinski definition) is 1. The number of aromatic nitrogens is 1. The van der Waals surface area contributed by atoms with E-state index in [0.29, 0.717) is 10.7 Å². The van der Waals surface area contributed by atoms with Gasteiger partial charge in [0.05, 0.1) is 29.1 Å². The first kappa shape index (κ1) is 14.7. The number of anilines is 1. The van der Waals surface area contributed by atoms with E-state index in [-0.39, 0.29) is 16.9 Å². The zero-order valence-corrected chi connectivity index (χ0v) is 13.3. The summed E-state index contributed by atoms with van der Waals surface area (Å²) in [6.07, 6.45) is 1.47. The first-order valence-electron chi connectivity index (χ1n) is 5.44. The van der Waals surface area contributed by atoms with Crippen LogP contribution in [-0.2, 0) is 4.74 Å². The largest absolute Gasteiger partial charge is 0.464 e. The molecule has 0 spiro atoms. The second-order valence-electron chi connectivity index (χ2n) is 3.87. The molecule has 0 aliphatic rings. The molecule has 2 aromatic rings. The van der Waals surface area contributed by atoms with Gasteiger partial charge in [-0.3, -0.25) is 0 Å². The lowest BCUT2D eigenvalue weighted by Gasteiger charge is -2.10. The van der Waals surface area contributed by atoms with Gasteiger partial charge in [0.1, 0.15) is 6.07 Å². The van der Waals surface area contributed by atoms with Crippen molar-refractivity contribution in [1.82, 2.24) is 4.57 Å². The summed E-state index contributed by atoms with van der Waals surface area (Å²) in [6.45, 7) is 0. The van der Waals surface area contributed by atoms with Crippen molar-refractivity contribution >= 4 is 45.8 Å². The van der Waals surface area contributed by atoms with Gasteiger partial charge < -0.3 is 15.0 Å². The Labute approximate surface area is 134 Å². The quantitative estimate of drug-likeness (QED) is 0.620. The van der Waals surface area contributed by atoms with E-state index < -0.39 is 5.97 Å². The summed E-state index contributed by atoms with van der Waals surface area (Å²) in [7, 11) is 1.25. The van der Waals surface area contributed by atoms with Gasteiger partial charge in [0.2, 0.25) is 0 Å². The summed E-state index contributed by atoms with van der Waals surface area (Å²) in [5, 5.41) is 9.49. The molecule has 2 N–H and O–H groups in total. The standard InChI is InChI=1S/C13H9ClIN3O2/c1-20-13(19)12-11(17)7(5-16)6-18(12)10-3-2-8(15)4-9(10)14/h2-4,6H,17H2,1H3. The fourth-order valence-electron chi connectivity index (χ4n) is 1.78. The fraction of sp³-hybridized carbons (Fsp3) is 0.0769. The molecule has 1 aromatic carbocycles. The first-order chi connectivity index (χ1) is 9.49. The van der Waals surface area contributed by atoms with Gasteiger partial charge in [-0.25, -0.2) is 4.79 Å².